The van der Waals surface area contributed by atoms with E-state index in [9.17, 15) is 8.42 Å². The van der Waals surface area contributed by atoms with Gasteiger partial charge in [-0.05, 0) is 19.9 Å². The summed E-state index contributed by atoms with van der Waals surface area (Å²) in [7, 11) is -3.39. The molecule has 1 aromatic heterocycles. The maximum absolute atomic E-state index is 11.9. The molecule has 0 radical (unpaired) electrons. The van der Waals surface area contributed by atoms with Crippen LogP contribution in [0, 0.1) is 0 Å². The van der Waals surface area contributed by atoms with Crippen LogP contribution in [-0.4, -0.2) is 24.5 Å². The highest BCUT2D eigenvalue weighted by molar-refractivity contribution is 7.91. The summed E-state index contributed by atoms with van der Waals surface area (Å²) < 4.78 is 25.5. The Bertz CT molecular complexity index is 702. The lowest BCUT2D eigenvalue weighted by atomic mass is 10.1. The Morgan fingerprint density at radius 1 is 1.32 bits per heavy atom. The van der Waals surface area contributed by atoms with Crippen molar-refractivity contribution in [1.82, 2.24) is 9.78 Å². The molecule has 19 heavy (non-hydrogen) atoms. The summed E-state index contributed by atoms with van der Waals surface area (Å²) in [6.07, 6.45) is 4.65. The fourth-order valence-electron chi connectivity index (χ4n) is 1.96. The molecular formula is C13H17N3O2S. The predicted molar refractivity (Wildman–Crippen MR) is 75.6 cm³/mol. The highest BCUT2D eigenvalue weighted by Crippen LogP contribution is 2.31. The normalized spacial score (nSPS) is 12.0. The number of aromatic nitrogens is 2. The quantitative estimate of drug-likeness (QED) is 0.873. The largest absolute Gasteiger partial charge is 0.398 e. The average molecular weight is 279 g/mol. The number of hydrogen-bond acceptors (Lipinski definition) is 4. The zero-order valence-corrected chi connectivity index (χ0v) is 12.0. The molecule has 1 heterocycles. The van der Waals surface area contributed by atoms with Crippen molar-refractivity contribution in [2.45, 2.75) is 24.8 Å². The van der Waals surface area contributed by atoms with E-state index in [1.807, 2.05) is 20.0 Å². The third-order valence-electron chi connectivity index (χ3n) is 2.86. The Labute approximate surface area is 113 Å². The Balaban J connectivity index is 2.65. The van der Waals surface area contributed by atoms with E-state index in [4.69, 9.17) is 5.73 Å². The van der Waals surface area contributed by atoms with Crippen molar-refractivity contribution >= 4 is 15.5 Å². The first kappa shape index (κ1) is 13.6. The molecule has 2 aromatic rings. The van der Waals surface area contributed by atoms with Crippen molar-refractivity contribution in [3.8, 4) is 11.1 Å². The summed E-state index contributed by atoms with van der Waals surface area (Å²) in [5.74, 6) is 0. The monoisotopic (exact) mass is 279 g/mol. The fourth-order valence-corrected chi connectivity index (χ4v) is 3.04. The van der Waals surface area contributed by atoms with Crippen molar-refractivity contribution < 1.29 is 8.42 Å². The van der Waals surface area contributed by atoms with E-state index < -0.39 is 9.84 Å². The fraction of sp³-hybridized carbons (Fsp3) is 0.308. The standard InChI is InChI=1S/C13H17N3O2S/c1-9(2)16-8-10(7-15-16)11-5-4-6-12(14)13(11)19(3,17)18/h4-9H,14H2,1-3H3. The maximum atomic E-state index is 11.9. The first-order valence-electron chi connectivity index (χ1n) is 5.94. The van der Waals surface area contributed by atoms with Crippen LogP contribution in [0.15, 0.2) is 35.5 Å². The van der Waals surface area contributed by atoms with E-state index in [2.05, 4.69) is 5.10 Å². The number of nitrogens with zero attached hydrogens (tertiary/aromatic N) is 2. The summed E-state index contributed by atoms with van der Waals surface area (Å²) in [6.45, 7) is 4.02. The lowest BCUT2D eigenvalue weighted by Crippen LogP contribution is -2.04. The van der Waals surface area contributed by atoms with Gasteiger partial charge in [0.05, 0.1) is 16.8 Å². The summed E-state index contributed by atoms with van der Waals surface area (Å²) in [6, 6.07) is 5.30. The molecule has 0 unspecified atom stereocenters. The van der Waals surface area contributed by atoms with Gasteiger partial charge in [0, 0.05) is 29.6 Å². The third-order valence-corrected chi connectivity index (χ3v) is 4.06. The zero-order valence-electron chi connectivity index (χ0n) is 11.2. The molecule has 0 aliphatic rings. The van der Waals surface area contributed by atoms with Gasteiger partial charge in [-0.3, -0.25) is 4.68 Å². The van der Waals surface area contributed by atoms with Crippen LogP contribution in [-0.2, 0) is 9.84 Å². The summed E-state index contributed by atoms with van der Waals surface area (Å²) in [4.78, 5) is 0.165. The molecule has 102 valence electrons. The van der Waals surface area contributed by atoms with Gasteiger partial charge in [0.15, 0.2) is 9.84 Å². The van der Waals surface area contributed by atoms with Gasteiger partial charge in [-0.15, -0.1) is 0 Å². The van der Waals surface area contributed by atoms with Gasteiger partial charge in [-0.2, -0.15) is 5.10 Å². The van der Waals surface area contributed by atoms with Gasteiger partial charge in [0.1, 0.15) is 0 Å². The first-order valence-corrected chi connectivity index (χ1v) is 7.83. The Morgan fingerprint density at radius 2 is 2.00 bits per heavy atom. The molecule has 0 amide bonds. The van der Waals surface area contributed by atoms with Gasteiger partial charge in [0.25, 0.3) is 0 Å². The van der Waals surface area contributed by atoms with E-state index >= 15 is 0 Å². The SMILES string of the molecule is CC(C)n1cc(-c2cccc(N)c2S(C)(=O)=O)cn1. The number of anilines is 1. The number of sulfone groups is 1. The van der Waals surface area contributed by atoms with Crippen LogP contribution in [0.1, 0.15) is 19.9 Å². The highest BCUT2D eigenvalue weighted by Gasteiger charge is 2.19. The lowest BCUT2D eigenvalue weighted by Gasteiger charge is -2.09. The van der Waals surface area contributed by atoms with Crippen molar-refractivity contribution in [2.75, 3.05) is 12.0 Å². The zero-order chi connectivity index (χ0) is 14.2. The minimum atomic E-state index is -3.39. The first-order chi connectivity index (χ1) is 8.80. The van der Waals surface area contributed by atoms with Crippen LogP contribution in [0.25, 0.3) is 11.1 Å². The molecule has 2 N–H and O–H groups in total. The smallest absolute Gasteiger partial charge is 0.178 e. The van der Waals surface area contributed by atoms with Gasteiger partial charge in [-0.25, -0.2) is 8.42 Å². The molecule has 0 bridgehead atoms. The topological polar surface area (TPSA) is 78.0 Å². The molecular weight excluding hydrogens is 262 g/mol. The molecule has 2 rings (SSSR count). The van der Waals surface area contributed by atoms with E-state index in [1.165, 1.54) is 0 Å². The van der Waals surface area contributed by atoms with E-state index in [0.717, 1.165) is 11.8 Å². The van der Waals surface area contributed by atoms with Gasteiger partial charge >= 0.3 is 0 Å². The van der Waals surface area contributed by atoms with E-state index in [1.54, 1.807) is 29.1 Å². The molecule has 6 heteroatoms. The summed E-state index contributed by atoms with van der Waals surface area (Å²) >= 11 is 0. The maximum Gasteiger partial charge on any atom is 0.178 e. The van der Waals surface area contributed by atoms with Crippen LogP contribution < -0.4 is 5.73 Å². The molecule has 0 spiro atoms. The van der Waals surface area contributed by atoms with Crippen LogP contribution in [0.4, 0.5) is 5.69 Å². The van der Waals surface area contributed by atoms with E-state index in [0.29, 0.717) is 5.56 Å². The molecule has 0 saturated heterocycles. The Kier molecular flexibility index (Phi) is 3.36. The van der Waals surface area contributed by atoms with Crippen molar-refractivity contribution in [3.63, 3.8) is 0 Å². The number of rotatable bonds is 3. The minimum absolute atomic E-state index is 0.165. The Morgan fingerprint density at radius 3 is 2.53 bits per heavy atom. The van der Waals surface area contributed by atoms with Crippen molar-refractivity contribution in [2.24, 2.45) is 0 Å². The van der Waals surface area contributed by atoms with Crippen LogP contribution in [0.5, 0.6) is 0 Å². The second-order valence-corrected chi connectivity index (χ2v) is 6.75. The van der Waals surface area contributed by atoms with E-state index in [-0.39, 0.29) is 16.6 Å². The molecule has 0 aliphatic carbocycles. The summed E-state index contributed by atoms with van der Waals surface area (Å²) in [5.41, 5.74) is 7.41. The number of nitrogens with two attached hydrogens (primary N) is 1. The van der Waals surface area contributed by atoms with Crippen LogP contribution >= 0.6 is 0 Å². The number of hydrogen-bond donors (Lipinski definition) is 1. The van der Waals surface area contributed by atoms with Gasteiger partial charge < -0.3 is 5.73 Å². The number of nitrogen functional groups attached to an aromatic ring is 1. The van der Waals surface area contributed by atoms with Crippen molar-refractivity contribution in [3.05, 3.63) is 30.6 Å². The number of benzene rings is 1. The highest BCUT2D eigenvalue weighted by atomic mass is 32.2. The second-order valence-electron chi connectivity index (χ2n) is 4.80. The van der Waals surface area contributed by atoms with Crippen LogP contribution in [0.2, 0.25) is 0 Å². The molecule has 5 nitrogen and oxygen atoms in total. The lowest BCUT2D eigenvalue weighted by molar-refractivity contribution is 0.532. The molecule has 1 aromatic carbocycles. The average Bonchev–Trinajstić information content (AvgIpc) is 2.75. The molecule has 0 aliphatic heterocycles. The van der Waals surface area contributed by atoms with Crippen LogP contribution in [0.3, 0.4) is 0 Å². The van der Waals surface area contributed by atoms with Crippen molar-refractivity contribution in [1.29, 1.82) is 0 Å². The molecule has 0 atom stereocenters. The second kappa shape index (κ2) is 4.70. The van der Waals surface area contributed by atoms with Gasteiger partial charge in [-0.1, -0.05) is 12.1 Å². The van der Waals surface area contributed by atoms with Gasteiger partial charge in [0.2, 0.25) is 0 Å². The molecule has 0 fully saturated rings. The predicted octanol–water partition coefficient (Wildman–Crippen LogP) is 2.12. The molecule has 0 saturated carbocycles. The minimum Gasteiger partial charge on any atom is -0.398 e. The third kappa shape index (κ3) is 2.63. The Hall–Kier alpha value is -1.82. The summed E-state index contributed by atoms with van der Waals surface area (Å²) in [5, 5.41) is 4.23.